The van der Waals surface area contributed by atoms with Crippen molar-refractivity contribution >= 4 is 0 Å². The van der Waals surface area contributed by atoms with Crippen LogP contribution in [0.1, 0.15) is 113 Å². The molecule has 7 nitrogen and oxygen atoms in total. The molecule has 2 unspecified atom stereocenters. The molecule has 0 aromatic carbocycles. The summed E-state index contributed by atoms with van der Waals surface area (Å²) in [5.41, 5.74) is -0.406. The van der Waals surface area contributed by atoms with E-state index >= 15 is 0 Å². The molecule has 7 aliphatic rings. The lowest BCUT2D eigenvalue weighted by Crippen LogP contribution is -2.65. The van der Waals surface area contributed by atoms with E-state index in [4.69, 9.17) is 28.4 Å². The summed E-state index contributed by atoms with van der Waals surface area (Å²) in [4.78, 5) is 0. The first kappa shape index (κ1) is 31.9. The fourth-order valence-corrected chi connectivity index (χ4v) is 11.8. The van der Waals surface area contributed by atoms with Crippen molar-refractivity contribution < 1.29 is 33.5 Å². The lowest BCUT2D eigenvalue weighted by molar-refractivity contribution is -0.300. The lowest BCUT2D eigenvalue weighted by Gasteiger charge is -2.65. The van der Waals surface area contributed by atoms with Crippen LogP contribution in [0.3, 0.4) is 0 Å². The van der Waals surface area contributed by atoms with Crippen molar-refractivity contribution in [1.82, 2.24) is 0 Å². The molecule has 7 heteroatoms. The van der Waals surface area contributed by atoms with Crippen LogP contribution in [0.2, 0.25) is 0 Å². The number of hydrogen-bond acceptors (Lipinski definition) is 7. The molecular weight excluding hydrogens is 556 g/mol. The maximum atomic E-state index is 11.5. The minimum atomic E-state index is -0.678. The molecule has 0 radical (unpaired) electrons. The van der Waals surface area contributed by atoms with Crippen molar-refractivity contribution in [2.75, 3.05) is 19.8 Å². The van der Waals surface area contributed by atoms with Crippen LogP contribution in [0.5, 0.6) is 0 Å². The Kier molecular flexibility index (Phi) is 8.09. The van der Waals surface area contributed by atoms with Crippen LogP contribution < -0.4 is 0 Å². The Balaban J connectivity index is 1.10. The van der Waals surface area contributed by atoms with Crippen molar-refractivity contribution in [3.63, 3.8) is 0 Å². The number of aliphatic hydroxyl groups is 1. The summed E-state index contributed by atoms with van der Waals surface area (Å²) in [6.45, 7) is 17.5. The summed E-state index contributed by atoms with van der Waals surface area (Å²) >= 11 is 0. The SMILES string of the molecule is C[C@H]([C@H](O)C#CC(C)(C)OC1CCCCO1)[C@H]1CC[C@H]2[C@@H]3CC4(OCCO4)C4C[C@@H]5OC(C)(C)O[C@@H]5C[C@]4(C)[C@H]3CC[C@]12C. The van der Waals surface area contributed by atoms with Gasteiger partial charge in [-0.15, -0.1) is 0 Å². The quantitative estimate of drug-likeness (QED) is 0.365. The Labute approximate surface area is 265 Å². The van der Waals surface area contributed by atoms with Crippen LogP contribution in [0.15, 0.2) is 0 Å². The molecule has 0 aromatic heterocycles. The van der Waals surface area contributed by atoms with Gasteiger partial charge < -0.3 is 33.5 Å². The summed E-state index contributed by atoms with van der Waals surface area (Å²) < 4.78 is 38.3. The van der Waals surface area contributed by atoms with Gasteiger partial charge in [0.05, 0.1) is 25.4 Å². The molecule has 4 saturated carbocycles. The molecule has 12 atom stereocenters. The van der Waals surface area contributed by atoms with Crippen LogP contribution in [-0.4, -0.2) is 66.7 Å². The van der Waals surface area contributed by atoms with Crippen LogP contribution in [0.4, 0.5) is 0 Å². The van der Waals surface area contributed by atoms with Crippen molar-refractivity contribution in [3.8, 4) is 11.8 Å². The smallest absolute Gasteiger partial charge is 0.172 e. The molecule has 3 heterocycles. The molecule has 0 aromatic rings. The average Bonchev–Trinajstić information content (AvgIpc) is 3.65. The first-order valence-electron chi connectivity index (χ1n) is 17.9. The van der Waals surface area contributed by atoms with E-state index in [0.717, 1.165) is 51.6 Å². The minimum absolute atomic E-state index is 0.0852. The molecule has 3 saturated heterocycles. The number of rotatable bonds is 4. The van der Waals surface area contributed by atoms with E-state index in [1.807, 2.05) is 13.8 Å². The van der Waals surface area contributed by atoms with Crippen molar-refractivity contribution in [3.05, 3.63) is 0 Å². The highest BCUT2D eigenvalue weighted by Crippen LogP contribution is 2.71. The van der Waals surface area contributed by atoms with Crippen molar-refractivity contribution in [2.24, 2.45) is 46.3 Å². The van der Waals surface area contributed by atoms with E-state index in [-0.39, 0.29) is 35.2 Å². The lowest BCUT2D eigenvalue weighted by atomic mass is 9.42. The van der Waals surface area contributed by atoms with Gasteiger partial charge in [0, 0.05) is 18.9 Å². The predicted molar refractivity (Wildman–Crippen MR) is 166 cm³/mol. The third-order valence-electron chi connectivity index (χ3n) is 13.6. The summed E-state index contributed by atoms with van der Waals surface area (Å²) in [7, 11) is 0. The van der Waals surface area contributed by atoms with Gasteiger partial charge in [-0.3, -0.25) is 0 Å². The second kappa shape index (κ2) is 11.2. The Morgan fingerprint density at radius 3 is 2.32 bits per heavy atom. The molecule has 248 valence electrons. The largest absolute Gasteiger partial charge is 0.380 e. The number of hydrogen-bond donors (Lipinski definition) is 1. The zero-order valence-electron chi connectivity index (χ0n) is 28.4. The molecule has 0 bridgehead atoms. The molecule has 1 spiro atoms. The average molecular weight is 615 g/mol. The molecule has 4 aliphatic carbocycles. The van der Waals surface area contributed by atoms with E-state index in [2.05, 4.69) is 46.5 Å². The molecule has 1 N–H and O–H groups in total. The molecule has 3 aliphatic heterocycles. The third-order valence-corrected chi connectivity index (χ3v) is 13.6. The monoisotopic (exact) mass is 614 g/mol. The maximum absolute atomic E-state index is 11.5. The first-order valence-corrected chi connectivity index (χ1v) is 17.9. The fraction of sp³-hybridized carbons (Fsp3) is 0.946. The molecule has 0 amide bonds. The first-order chi connectivity index (χ1) is 20.8. The number of fused-ring (bicyclic) bond motifs is 7. The summed E-state index contributed by atoms with van der Waals surface area (Å²) in [6, 6.07) is 0. The predicted octanol–water partition coefficient (Wildman–Crippen LogP) is 6.45. The molecule has 7 rings (SSSR count). The zero-order valence-corrected chi connectivity index (χ0v) is 28.4. The Morgan fingerprint density at radius 2 is 1.59 bits per heavy atom. The molecule has 7 fully saturated rings. The van der Waals surface area contributed by atoms with Gasteiger partial charge in [0.2, 0.25) is 0 Å². The standard InChI is InChI=1S/C37H58O7/c1-23(28(38)14-15-33(2,3)44-32-10-8-9-17-39-32)25-11-12-26-24-21-37(40-18-19-41-37)31-20-29-30(43-34(4,5)42-29)22-36(31,7)27(24)13-16-35(25,26)6/h23-32,38H,8-13,16-22H2,1-7H3/t23-,24-,25+,26-,27-,28+,29-,30+,31?,32?,35+,36+/m0/s1. The van der Waals surface area contributed by atoms with E-state index in [1.54, 1.807) is 0 Å². The molecular formula is C37H58O7. The fourth-order valence-electron chi connectivity index (χ4n) is 11.8. The van der Waals surface area contributed by atoms with E-state index < -0.39 is 23.3 Å². The van der Waals surface area contributed by atoms with Gasteiger partial charge in [-0.25, -0.2) is 0 Å². The summed E-state index contributed by atoms with van der Waals surface area (Å²) in [5, 5.41) is 11.5. The van der Waals surface area contributed by atoms with Crippen molar-refractivity contribution in [2.45, 2.75) is 154 Å². The third kappa shape index (κ3) is 5.31. The van der Waals surface area contributed by atoms with Gasteiger partial charge in [0.1, 0.15) is 11.7 Å². The number of aliphatic hydroxyl groups excluding tert-OH is 1. The van der Waals surface area contributed by atoms with E-state index in [0.29, 0.717) is 42.8 Å². The summed E-state index contributed by atoms with van der Waals surface area (Å²) in [6.07, 6.45) is 10.2. The van der Waals surface area contributed by atoms with Gasteiger partial charge in [0.15, 0.2) is 17.9 Å². The second-order valence-electron chi connectivity index (χ2n) is 17.0. The van der Waals surface area contributed by atoms with Gasteiger partial charge in [-0.05, 0) is 126 Å². The summed E-state index contributed by atoms with van der Waals surface area (Å²) in [5.74, 6) is 8.06. The minimum Gasteiger partial charge on any atom is -0.380 e. The van der Waals surface area contributed by atoms with Crippen LogP contribution in [0.25, 0.3) is 0 Å². The highest BCUT2D eigenvalue weighted by molar-refractivity contribution is 5.19. The Bertz CT molecular complexity index is 1130. The van der Waals surface area contributed by atoms with Crippen LogP contribution in [0, 0.1) is 58.2 Å². The molecule has 44 heavy (non-hydrogen) atoms. The Hall–Kier alpha value is -0.720. The topological polar surface area (TPSA) is 75.6 Å². The van der Waals surface area contributed by atoms with Crippen molar-refractivity contribution in [1.29, 1.82) is 0 Å². The zero-order chi connectivity index (χ0) is 31.1. The highest BCUT2D eigenvalue weighted by Gasteiger charge is 2.70. The Morgan fingerprint density at radius 1 is 0.864 bits per heavy atom. The number of ether oxygens (including phenoxy) is 6. The highest BCUT2D eigenvalue weighted by atomic mass is 16.8. The van der Waals surface area contributed by atoms with Crippen LogP contribution >= 0.6 is 0 Å². The second-order valence-corrected chi connectivity index (χ2v) is 17.0. The van der Waals surface area contributed by atoms with Crippen LogP contribution in [-0.2, 0) is 28.4 Å². The van der Waals surface area contributed by atoms with E-state index in [9.17, 15) is 5.11 Å². The van der Waals surface area contributed by atoms with Gasteiger partial charge in [-0.1, -0.05) is 32.6 Å². The van der Waals surface area contributed by atoms with Gasteiger partial charge in [-0.2, -0.15) is 0 Å². The van der Waals surface area contributed by atoms with Gasteiger partial charge >= 0.3 is 0 Å². The maximum Gasteiger partial charge on any atom is 0.172 e. The normalized spacial score (nSPS) is 47.1. The van der Waals surface area contributed by atoms with E-state index in [1.165, 1.54) is 19.3 Å². The van der Waals surface area contributed by atoms with Gasteiger partial charge in [0.25, 0.3) is 0 Å².